The Morgan fingerprint density at radius 2 is 1.88 bits per heavy atom. The molecule has 2 rings (SSSR count). The third-order valence-corrected chi connectivity index (χ3v) is 3.66. The molecular formula is C20H21FN2O3. The van der Waals surface area contributed by atoms with Gasteiger partial charge in [-0.1, -0.05) is 12.1 Å². The van der Waals surface area contributed by atoms with E-state index in [1.54, 1.807) is 32.2 Å². The van der Waals surface area contributed by atoms with Crippen molar-refractivity contribution < 1.29 is 18.7 Å². The first kappa shape index (κ1) is 19.2. The molecule has 2 amide bonds. The van der Waals surface area contributed by atoms with Crippen LogP contribution in [0, 0.1) is 12.7 Å². The van der Waals surface area contributed by atoms with E-state index in [0.29, 0.717) is 11.3 Å². The number of rotatable bonds is 7. The first-order valence-electron chi connectivity index (χ1n) is 8.14. The van der Waals surface area contributed by atoms with E-state index in [1.165, 1.54) is 24.3 Å². The number of aryl methyl sites for hydroxylation is 1. The first-order valence-corrected chi connectivity index (χ1v) is 8.14. The summed E-state index contributed by atoms with van der Waals surface area (Å²) in [5, 5.41) is 5.34. The van der Waals surface area contributed by atoms with E-state index in [2.05, 4.69) is 10.6 Å². The van der Waals surface area contributed by atoms with Gasteiger partial charge in [-0.05, 0) is 54.5 Å². The lowest BCUT2D eigenvalue weighted by molar-refractivity contribution is -0.117. The summed E-state index contributed by atoms with van der Waals surface area (Å²) < 4.78 is 18.1. The van der Waals surface area contributed by atoms with E-state index < -0.39 is 0 Å². The number of ether oxygens (including phenoxy) is 1. The number of hydrogen-bond donors (Lipinski definition) is 2. The van der Waals surface area contributed by atoms with Gasteiger partial charge in [-0.3, -0.25) is 9.59 Å². The van der Waals surface area contributed by atoms with E-state index in [4.69, 9.17) is 4.74 Å². The van der Waals surface area contributed by atoms with Crippen LogP contribution in [0.5, 0.6) is 5.75 Å². The van der Waals surface area contributed by atoms with E-state index in [-0.39, 0.29) is 30.6 Å². The van der Waals surface area contributed by atoms with Crippen LogP contribution in [-0.4, -0.2) is 25.5 Å². The van der Waals surface area contributed by atoms with Gasteiger partial charge in [0.15, 0.2) is 0 Å². The number of amides is 2. The number of benzene rings is 2. The third-order valence-electron chi connectivity index (χ3n) is 3.66. The Balaban J connectivity index is 1.74. The van der Waals surface area contributed by atoms with Crippen LogP contribution in [0.25, 0.3) is 6.08 Å². The van der Waals surface area contributed by atoms with Crippen molar-refractivity contribution >= 4 is 23.6 Å². The second-order valence-electron chi connectivity index (χ2n) is 5.65. The van der Waals surface area contributed by atoms with E-state index >= 15 is 0 Å². The number of carbonyl (C=O) groups excluding carboxylic acids is 2. The molecule has 26 heavy (non-hydrogen) atoms. The molecule has 0 aromatic heterocycles. The molecule has 6 heteroatoms. The zero-order chi connectivity index (χ0) is 18.9. The number of methoxy groups -OCH3 is 1. The number of nitrogens with one attached hydrogen (secondary N) is 2. The van der Waals surface area contributed by atoms with Crippen LogP contribution in [0.15, 0.2) is 48.5 Å². The topological polar surface area (TPSA) is 67.4 Å². The van der Waals surface area contributed by atoms with Gasteiger partial charge in [0.2, 0.25) is 11.8 Å². The molecule has 2 aromatic rings. The molecule has 5 nitrogen and oxygen atoms in total. The number of anilines is 1. The highest BCUT2D eigenvalue weighted by atomic mass is 19.1. The highest BCUT2D eigenvalue weighted by molar-refractivity contribution is 5.93. The quantitative estimate of drug-likeness (QED) is 0.748. The molecule has 0 bridgehead atoms. The van der Waals surface area contributed by atoms with Crippen molar-refractivity contribution in [2.75, 3.05) is 19.0 Å². The minimum absolute atomic E-state index is 0.124. The molecule has 2 aromatic carbocycles. The Bertz CT molecular complexity index is 801. The fourth-order valence-corrected chi connectivity index (χ4v) is 2.23. The normalized spacial score (nSPS) is 10.6. The zero-order valence-electron chi connectivity index (χ0n) is 14.7. The number of hydrogen-bond acceptors (Lipinski definition) is 3. The lowest BCUT2D eigenvalue weighted by Gasteiger charge is -2.08. The van der Waals surface area contributed by atoms with Gasteiger partial charge in [0, 0.05) is 24.7 Å². The molecule has 0 spiro atoms. The highest BCUT2D eigenvalue weighted by Crippen LogP contribution is 2.15. The van der Waals surface area contributed by atoms with Crippen LogP contribution in [0.2, 0.25) is 0 Å². The number of halogens is 1. The van der Waals surface area contributed by atoms with Crippen LogP contribution in [-0.2, 0) is 9.59 Å². The van der Waals surface area contributed by atoms with Crippen LogP contribution >= 0.6 is 0 Å². The van der Waals surface area contributed by atoms with Gasteiger partial charge in [-0.15, -0.1) is 0 Å². The predicted octanol–water partition coefficient (Wildman–Crippen LogP) is 3.30. The van der Waals surface area contributed by atoms with Gasteiger partial charge in [0.25, 0.3) is 0 Å². The van der Waals surface area contributed by atoms with Gasteiger partial charge >= 0.3 is 0 Å². The fraction of sp³-hybridized carbons (Fsp3) is 0.200. The van der Waals surface area contributed by atoms with E-state index in [9.17, 15) is 14.0 Å². The fourth-order valence-electron chi connectivity index (χ4n) is 2.23. The average molecular weight is 356 g/mol. The van der Waals surface area contributed by atoms with Crippen LogP contribution in [0.3, 0.4) is 0 Å². The molecular weight excluding hydrogens is 335 g/mol. The minimum atomic E-state index is -0.351. The Labute approximate surface area is 151 Å². The average Bonchev–Trinajstić information content (AvgIpc) is 2.63. The second-order valence-corrected chi connectivity index (χ2v) is 5.65. The van der Waals surface area contributed by atoms with Crippen molar-refractivity contribution in [2.45, 2.75) is 13.3 Å². The van der Waals surface area contributed by atoms with Gasteiger partial charge in [0.1, 0.15) is 11.6 Å². The molecule has 0 aliphatic heterocycles. The number of carbonyl (C=O) groups is 2. The van der Waals surface area contributed by atoms with Gasteiger partial charge in [0.05, 0.1) is 7.11 Å². The smallest absolute Gasteiger partial charge is 0.244 e. The zero-order valence-corrected chi connectivity index (χ0v) is 14.7. The van der Waals surface area contributed by atoms with Crippen molar-refractivity contribution in [2.24, 2.45) is 0 Å². The van der Waals surface area contributed by atoms with Crippen LogP contribution < -0.4 is 15.4 Å². The van der Waals surface area contributed by atoms with Crippen LogP contribution in [0.1, 0.15) is 17.5 Å². The summed E-state index contributed by atoms with van der Waals surface area (Å²) in [6.45, 7) is 1.92. The second kappa shape index (κ2) is 9.36. The summed E-state index contributed by atoms with van der Waals surface area (Å²) in [5.74, 6) is -0.142. The molecule has 0 aliphatic carbocycles. The summed E-state index contributed by atoms with van der Waals surface area (Å²) in [7, 11) is 1.59. The van der Waals surface area contributed by atoms with Crippen molar-refractivity contribution in [1.82, 2.24) is 5.32 Å². The molecule has 0 saturated carbocycles. The molecule has 2 N–H and O–H groups in total. The SMILES string of the molecule is COc1ccc(/C=C/C(=O)NCCC(=O)Nc2ccc(F)cc2C)cc1. The largest absolute Gasteiger partial charge is 0.497 e. The van der Waals surface area contributed by atoms with Crippen LogP contribution in [0.4, 0.5) is 10.1 Å². The molecule has 0 aliphatic rings. The van der Waals surface area contributed by atoms with Crippen molar-refractivity contribution in [3.05, 3.63) is 65.5 Å². The maximum absolute atomic E-state index is 13.0. The minimum Gasteiger partial charge on any atom is -0.497 e. The van der Waals surface area contributed by atoms with Gasteiger partial charge in [-0.25, -0.2) is 4.39 Å². The lowest BCUT2D eigenvalue weighted by atomic mass is 10.2. The first-order chi connectivity index (χ1) is 12.5. The van der Waals surface area contributed by atoms with E-state index in [0.717, 1.165) is 11.3 Å². The summed E-state index contributed by atoms with van der Waals surface area (Å²) in [5.41, 5.74) is 2.07. The van der Waals surface area contributed by atoms with Crippen molar-refractivity contribution in [3.8, 4) is 5.75 Å². The molecule has 0 atom stereocenters. The maximum Gasteiger partial charge on any atom is 0.244 e. The third kappa shape index (κ3) is 6.05. The Morgan fingerprint density at radius 3 is 2.54 bits per heavy atom. The standard InChI is InChI=1S/C20H21FN2O3/c1-14-13-16(21)6-9-18(14)23-20(25)11-12-22-19(24)10-5-15-3-7-17(26-2)8-4-15/h3-10,13H,11-12H2,1-2H3,(H,22,24)(H,23,25)/b10-5+. The highest BCUT2D eigenvalue weighted by Gasteiger charge is 2.06. The summed E-state index contributed by atoms with van der Waals surface area (Å²) in [6.07, 6.45) is 3.21. The van der Waals surface area contributed by atoms with Gasteiger partial charge in [-0.2, -0.15) is 0 Å². The predicted molar refractivity (Wildman–Crippen MR) is 99.4 cm³/mol. The molecule has 0 saturated heterocycles. The lowest BCUT2D eigenvalue weighted by Crippen LogP contribution is -2.26. The van der Waals surface area contributed by atoms with Crippen molar-refractivity contribution in [1.29, 1.82) is 0 Å². The Morgan fingerprint density at radius 1 is 1.15 bits per heavy atom. The summed E-state index contributed by atoms with van der Waals surface area (Å²) >= 11 is 0. The molecule has 136 valence electrons. The van der Waals surface area contributed by atoms with Crippen molar-refractivity contribution in [3.63, 3.8) is 0 Å². The molecule has 0 radical (unpaired) electrons. The molecule has 0 unspecified atom stereocenters. The maximum atomic E-state index is 13.0. The van der Waals surface area contributed by atoms with E-state index in [1.807, 2.05) is 12.1 Å². The summed E-state index contributed by atoms with van der Waals surface area (Å²) in [6, 6.07) is 11.4. The Kier molecular flexibility index (Phi) is 6.91. The molecule has 0 fully saturated rings. The Hall–Kier alpha value is -3.15. The summed E-state index contributed by atoms with van der Waals surface area (Å²) in [4.78, 5) is 23.7. The molecule has 0 heterocycles. The monoisotopic (exact) mass is 356 g/mol. The van der Waals surface area contributed by atoms with Gasteiger partial charge < -0.3 is 15.4 Å².